The summed E-state index contributed by atoms with van der Waals surface area (Å²) in [5.74, 6) is -0.0191. The van der Waals surface area contributed by atoms with E-state index in [2.05, 4.69) is 5.32 Å². The average Bonchev–Trinajstić information content (AvgIpc) is 2.85. The molecule has 0 aromatic heterocycles. The third-order valence-corrected chi connectivity index (χ3v) is 5.11. The van der Waals surface area contributed by atoms with E-state index in [0.29, 0.717) is 28.3 Å². The van der Waals surface area contributed by atoms with Crippen LogP contribution in [0.1, 0.15) is 27.0 Å². The molecule has 1 N–H and O–H groups in total. The van der Waals surface area contributed by atoms with Crippen LogP contribution in [0, 0.1) is 25.2 Å². The number of methoxy groups -OCH3 is 2. The minimum atomic E-state index is -0.588. The maximum Gasteiger partial charge on any atom is 0.343 e. The molecule has 0 aliphatic heterocycles. The van der Waals surface area contributed by atoms with Crippen molar-refractivity contribution >= 4 is 23.6 Å². The molecule has 3 rings (SSSR count). The number of benzene rings is 3. The summed E-state index contributed by atoms with van der Waals surface area (Å²) in [6.45, 7) is 3.76. The first-order valence-corrected chi connectivity index (χ1v) is 10.4. The summed E-state index contributed by atoms with van der Waals surface area (Å²) in [4.78, 5) is 25.3. The molecule has 3 aromatic carbocycles. The Morgan fingerprint density at radius 1 is 0.912 bits per heavy atom. The van der Waals surface area contributed by atoms with Gasteiger partial charge in [-0.1, -0.05) is 24.3 Å². The Morgan fingerprint density at radius 2 is 1.59 bits per heavy atom. The number of ether oxygens (including phenoxy) is 3. The Hall–Kier alpha value is -4.57. The summed E-state index contributed by atoms with van der Waals surface area (Å²) in [7, 11) is 2.99. The number of amides is 1. The first kappa shape index (κ1) is 24.1. The lowest BCUT2D eigenvalue weighted by Crippen LogP contribution is -2.15. The molecule has 0 unspecified atom stereocenters. The molecule has 0 aliphatic rings. The molecule has 0 spiro atoms. The van der Waals surface area contributed by atoms with Gasteiger partial charge in [-0.05, 0) is 73.0 Å². The number of aryl methyl sites for hydroxylation is 2. The summed E-state index contributed by atoms with van der Waals surface area (Å²) in [5, 5.41) is 12.4. The fraction of sp³-hybridized carbons (Fsp3) is 0.148. The van der Waals surface area contributed by atoms with Gasteiger partial charge in [0.25, 0.3) is 5.91 Å². The van der Waals surface area contributed by atoms with E-state index in [1.54, 1.807) is 36.4 Å². The number of carbonyl (C=O) groups excluding carboxylic acids is 2. The van der Waals surface area contributed by atoms with E-state index in [0.717, 1.165) is 11.1 Å². The van der Waals surface area contributed by atoms with Crippen LogP contribution in [0.3, 0.4) is 0 Å². The highest BCUT2D eigenvalue weighted by atomic mass is 16.6. The average molecular weight is 456 g/mol. The zero-order valence-corrected chi connectivity index (χ0v) is 19.3. The van der Waals surface area contributed by atoms with Crippen molar-refractivity contribution in [2.24, 2.45) is 0 Å². The summed E-state index contributed by atoms with van der Waals surface area (Å²) >= 11 is 0. The zero-order chi connectivity index (χ0) is 24.7. The van der Waals surface area contributed by atoms with E-state index >= 15 is 0 Å². The van der Waals surface area contributed by atoms with Gasteiger partial charge in [0, 0.05) is 5.69 Å². The second-order valence-electron chi connectivity index (χ2n) is 7.42. The van der Waals surface area contributed by atoms with Gasteiger partial charge in [-0.15, -0.1) is 0 Å². The largest absolute Gasteiger partial charge is 0.497 e. The van der Waals surface area contributed by atoms with Gasteiger partial charge in [-0.2, -0.15) is 5.26 Å². The molecule has 0 radical (unpaired) electrons. The zero-order valence-electron chi connectivity index (χ0n) is 19.3. The Morgan fingerprint density at radius 3 is 2.18 bits per heavy atom. The van der Waals surface area contributed by atoms with E-state index in [1.807, 2.05) is 38.1 Å². The standard InChI is InChI=1S/C27H24N2O5/c1-17-6-5-7-18(2)25(17)29-26(30)21(16-28)14-19-8-13-23(33-4)24(15-19)34-27(31)20-9-11-22(32-3)12-10-20/h5-15H,1-4H3,(H,29,30)/b21-14+. The van der Waals surface area contributed by atoms with Gasteiger partial charge >= 0.3 is 5.97 Å². The number of hydrogen-bond acceptors (Lipinski definition) is 6. The van der Waals surface area contributed by atoms with Crippen LogP contribution < -0.4 is 19.5 Å². The van der Waals surface area contributed by atoms with Crippen molar-refractivity contribution < 1.29 is 23.8 Å². The van der Waals surface area contributed by atoms with Gasteiger partial charge in [-0.25, -0.2) is 4.79 Å². The smallest absolute Gasteiger partial charge is 0.343 e. The fourth-order valence-corrected chi connectivity index (χ4v) is 3.26. The van der Waals surface area contributed by atoms with Gasteiger partial charge in [0.1, 0.15) is 17.4 Å². The molecule has 3 aromatic rings. The molecular weight excluding hydrogens is 432 g/mol. The first-order valence-electron chi connectivity index (χ1n) is 10.4. The van der Waals surface area contributed by atoms with Crippen LogP contribution in [0.4, 0.5) is 5.69 Å². The van der Waals surface area contributed by atoms with Crippen LogP contribution >= 0.6 is 0 Å². The van der Waals surface area contributed by atoms with Gasteiger partial charge < -0.3 is 19.5 Å². The van der Waals surface area contributed by atoms with Gasteiger partial charge in [0.15, 0.2) is 11.5 Å². The highest BCUT2D eigenvalue weighted by Gasteiger charge is 2.16. The molecule has 172 valence electrons. The van der Waals surface area contributed by atoms with Crippen molar-refractivity contribution in [3.05, 3.63) is 88.5 Å². The number of para-hydroxylation sites is 1. The van der Waals surface area contributed by atoms with Crippen molar-refractivity contribution in [1.29, 1.82) is 5.26 Å². The maximum atomic E-state index is 12.8. The lowest BCUT2D eigenvalue weighted by atomic mass is 10.1. The quantitative estimate of drug-likeness (QED) is 0.230. The molecule has 0 fully saturated rings. The highest BCUT2D eigenvalue weighted by molar-refractivity contribution is 6.10. The number of carbonyl (C=O) groups is 2. The molecule has 0 bridgehead atoms. The number of hydrogen-bond donors (Lipinski definition) is 1. The minimum absolute atomic E-state index is 0.0970. The van der Waals surface area contributed by atoms with Crippen LogP contribution in [-0.2, 0) is 4.79 Å². The van der Waals surface area contributed by atoms with E-state index in [4.69, 9.17) is 14.2 Å². The molecule has 0 atom stereocenters. The molecule has 1 amide bonds. The Bertz CT molecular complexity index is 1270. The van der Waals surface area contributed by atoms with Crippen molar-refractivity contribution in [2.45, 2.75) is 13.8 Å². The monoisotopic (exact) mass is 456 g/mol. The lowest BCUT2D eigenvalue weighted by molar-refractivity contribution is -0.112. The number of nitrogens with one attached hydrogen (secondary N) is 1. The molecule has 7 heteroatoms. The summed E-state index contributed by atoms with van der Waals surface area (Å²) in [6.07, 6.45) is 1.42. The second kappa shape index (κ2) is 10.8. The third-order valence-electron chi connectivity index (χ3n) is 5.11. The summed E-state index contributed by atoms with van der Waals surface area (Å²) < 4.78 is 15.9. The summed E-state index contributed by atoms with van der Waals surface area (Å²) in [6, 6.07) is 18.9. The van der Waals surface area contributed by atoms with Crippen molar-refractivity contribution in [3.63, 3.8) is 0 Å². The van der Waals surface area contributed by atoms with E-state index in [-0.39, 0.29) is 11.3 Å². The molecule has 34 heavy (non-hydrogen) atoms. The second-order valence-corrected chi connectivity index (χ2v) is 7.42. The minimum Gasteiger partial charge on any atom is -0.497 e. The number of nitrogens with zero attached hydrogens (tertiary/aromatic N) is 1. The predicted molar refractivity (Wildman–Crippen MR) is 129 cm³/mol. The molecule has 0 aliphatic carbocycles. The van der Waals surface area contributed by atoms with Crippen LogP contribution in [-0.4, -0.2) is 26.1 Å². The van der Waals surface area contributed by atoms with Crippen LogP contribution in [0.2, 0.25) is 0 Å². The summed E-state index contributed by atoms with van der Waals surface area (Å²) in [5.41, 5.74) is 3.17. The topological polar surface area (TPSA) is 97.7 Å². The SMILES string of the molecule is COc1ccc(C(=O)Oc2cc(/C=C(\C#N)C(=O)Nc3c(C)cccc3C)ccc2OC)cc1. The van der Waals surface area contributed by atoms with Crippen LogP contribution in [0.15, 0.2) is 66.2 Å². The first-order chi connectivity index (χ1) is 16.4. The van der Waals surface area contributed by atoms with Gasteiger partial charge in [-0.3, -0.25) is 4.79 Å². The normalized spacial score (nSPS) is 10.7. The predicted octanol–water partition coefficient (Wildman–Crippen LogP) is 5.09. The number of esters is 1. The number of nitriles is 1. The molecule has 0 saturated heterocycles. The van der Waals surface area contributed by atoms with Crippen LogP contribution in [0.5, 0.6) is 17.2 Å². The van der Waals surface area contributed by atoms with Crippen LogP contribution in [0.25, 0.3) is 6.08 Å². The third kappa shape index (κ3) is 5.61. The maximum absolute atomic E-state index is 12.8. The van der Waals surface area contributed by atoms with Crippen molar-refractivity contribution in [1.82, 2.24) is 0 Å². The van der Waals surface area contributed by atoms with Crippen molar-refractivity contribution in [2.75, 3.05) is 19.5 Å². The Labute approximate surface area is 198 Å². The Balaban J connectivity index is 1.86. The van der Waals surface area contributed by atoms with E-state index in [9.17, 15) is 14.9 Å². The molecule has 0 saturated carbocycles. The lowest BCUT2D eigenvalue weighted by Gasteiger charge is -2.12. The molecular formula is C27H24N2O5. The molecule has 0 heterocycles. The number of rotatable bonds is 7. The Kier molecular flexibility index (Phi) is 7.67. The highest BCUT2D eigenvalue weighted by Crippen LogP contribution is 2.30. The van der Waals surface area contributed by atoms with Gasteiger partial charge in [0.05, 0.1) is 19.8 Å². The number of anilines is 1. The fourth-order valence-electron chi connectivity index (χ4n) is 3.26. The van der Waals surface area contributed by atoms with E-state index < -0.39 is 11.9 Å². The van der Waals surface area contributed by atoms with E-state index in [1.165, 1.54) is 26.4 Å². The van der Waals surface area contributed by atoms with Crippen molar-refractivity contribution in [3.8, 4) is 23.3 Å². The molecule has 7 nitrogen and oxygen atoms in total. The van der Waals surface area contributed by atoms with Gasteiger partial charge in [0.2, 0.25) is 0 Å².